The fraction of sp³-hybridized carbons (Fsp3) is 0.400. The zero-order valence-electron chi connectivity index (χ0n) is 13.7. The van der Waals surface area contributed by atoms with Crippen molar-refractivity contribution >= 4 is 31.6 Å². The van der Waals surface area contributed by atoms with Crippen LogP contribution >= 0.6 is 15.9 Å². The van der Waals surface area contributed by atoms with Gasteiger partial charge in [0.1, 0.15) is 5.75 Å². The highest BCUT2D eigenvalue weighted by molar-refractivity contribution is 9.10. The summed E-state index contributed by atoms with van der Waals surface area (Å²) in [6, 6.07) is 4.78. The van der Waals surface area contributed by atoms with E-state index in [2.05, 4.69) is 25.8 Å². The molecule has 6 nitrogen and oxygen atoms in total. The molecular formula is C15H20BrN3O3S. The molecule has 0 fully saturated rings. The summed E-state index contributed by atoms with van der Waals surface area (Å²) >= 11 is 3.30. The lowest BCUT2D eigenvalue weighted by Gasteiger charge is -2.11. The number of aromatic nitrogens is 2. The van der Waals surface area contributed by atoms with Gasteiger partial charge in [-0.1, -0.05) is 0 Å². The average molecular weight is 402 g/mol. The maximum absolute atomic E-state index is 12.6. The van der Waals surface area contributed by atoms with Gasteiger partial charge in [0, 0.05) is 6.04 Å². The Labute approximate surface area is 145 Å². The maximum atomic E-state index is 12.6. The molecule has 1 heterocycles. The van der Waals surface area contributed by atoms with Crippen LogP contribution in [-0.4, -0.2) is 25.3 Å². The maximum Gasteiger partial charge on any atom is 0.262 e. The van der Waals surface area contributed by atoms with Crippen molar-refractivity contribution in [2.45, 2.75) is 38.6 Å². The largest absolute Gasteiger partial charge is 0.496 e. The highest BCUT2D eigenvalue weighted by Gasteiger charge is 2.21. The SMILES string of the molecule is COc1ccc(S(=O)(=O)Nc2c(C)nn(C(C)C)c2C)cc1Br. The van der Waals surface area contributed by atoms with Gasteiger partial charge in [-0.3, -0.25) is 9.40 Å². The van der Waals surface area contributed by atoms with Crippen molar-refractivity contribution in [3.63, 3.8) is 0 Å². The van der Waals surface area contributed by atoms with Crippen LogP contribution in [0.15, 0.2) is 27.6 Å². The number of nitrogens with one attached hydrogen (secondary N) is 1. The summed E-state index contributed by atoms with van der Waals surface area (Å²) in [5.74, 6) is 0.573. The first kappa shape index (κ1) is 17.8. The molecule has 8 heteroatoms. The monoisotopic (exact) mass is 401 g/mol. The molecule has 2 rings (SSSR count). The van der Waals surface area contributed by atoms with Gasteiger partial charge in [0.05, 0.1) is 33.6 Å². The van der Waals surface area contributed by atoms with E-state index in [4.69, 9.17) is 4.74 Å². The highest BCUT2D eigenvalue weighted by Crippen LogP contribution is 2.30. The third-order valence-corrected chi connectivity index (χ3v) is 5.45. The number of methoxy groups -OCH3 is 1. The molecule has 0 saturated heterocycles. The van der Waals surface area contributed by atoms with Gasteiger partial charge in [0.2, 0.25) is 0 Å². The van der Waals surface area contributed by atoms with Gasteiger partial charge in [-0.05, 0) is 61.8 Å². The third kappa shape index (κ3) is 3.53. The van der Waals surface area contributed by atoms with E-state index < -0.39 is 10.0 Å². The van der Waals surface area contributed by atoms with Crippen LogP contribution in [0.5, 0.6) is 5.75 Å². The summed E-state index contributed by atoms with van der Waals surface area (Å²) in [5.41, 5.74) is 1.95. The molecule has 1 aromatic heterocycles. The van der Waals surface area contributed by atoms with E-state index in [1.54, 1.807) is 17.7 Å². The van der Waals surface area contributed by atoms with Crippen molar-refractivity contribution in [3.05, 3.63) is 34.1 Å². The van der Waals surface area contributed by atoms with Crippen LogP contribution in [0, 0.1) is 13.8 Å². The molecule has 0 aliphatic carbocycles. The average Bonchev–Trinajstić information content (AvgIpc) is 2.75. The smallest absolute Gasteiger partial charge is 0.262 e. The lowest BCUT2D eigenvalue weighted by atomic mass is 10.3. The summed E-state index contributed by atoms with van der Waals surface area (Å²) in [5, 5.41) is 4.39. The minimum atomic E-state index is -3.71. The second-order valence-electron chi connectivity index (χ2n) is 5.49. The van der Waals surface area contributed by atoms with E-state index in [-0.39, 0.29) is 10.9 Å². The quantitative estimate of drug-likeness (QED) is 0.829. The van der Waals surface area contributed by atoms with Crippen LogP contribution in [0.2, 0.25) is 0 Å². The Kier molecular flexibility index (Phi) is 5.05. The van der Waals surface area contributed by atoms with E-state index >= 15 is 0 Å². The van der Waals surface area contributed by atoms with Gasteiger partial charge in [-0.2, -0.15) is 5.10 Å². The third-order valence-electron chi connectivity index (χ3n) is 3.48. The number of benzene rings is 1. The normalized spacial score (nSPS) is 11.8. The van der Waals surface area contributed by atoms with Crippen molar-refractivity contribution in [1.29, 1.82) is 0 Å². The van der Waals surface area contributed by atoms with Crippen LogP contribution in [0.3, 0.4) is 0 Å². The molecular weight excluding hydrogens is 382 g/mol. The summed E-state index contributed by atoms with van der Waals surface area (Å²) in [6.07, 6.45) is 0. The molecule has 0 saturated carbocycles. The van der Waals surface area contributed by atoms with Gasteiger partial charge in [-0.15, -0.1) is 0 Å². The Hall–Kier alpha value is -1.54. The summed E-state index contributed by atoms with van der Waals surface area (Å²) in [4.78, 5) is 0.154. The molecule has 1 N–H and O–H groups in total. The van der Waals surface area contributed by atoms with Gasteiger partial charge in [-0.25, -0.2) is 8.42 Å². The van der Waals surface area contributed by atoms with E-state index in [1.807, 2.05) is 20.8 Å². The fourth-order valence-electron chi connectivity index (χ4n) is 2.32. The second kappa shape index (κ2) is 6.52. The minimum absolute atomic E-state index is 0.154. The van der Waals surface area contributed by atoms with E-state index in [9.17, 15) is 8.42 Å². The van der Waals surface area contributed by atoms with E-state index in [1.165, 1.54) is 19.2 Å². The van der Waals surface area contributed by atoms with Crippen molar-refractivity contribution in [2.24, 2.45) is 0 Å². The van der Waals surface area contributed by atoms with Gasteiger partial charge >= 0.3 is 0 Å². The molecule has 126 valence electrons. The van der Waals surface area contributed by atoms with Crippen molar-refractivity contribution in [2.75, 3.05) is 11.8 Å². The number of rotatable bonds is 5. The zero-order valence-corrected chi connectivity index (χ0v) is 16.1. The Bertz CT molecular complexity index is 829. The Morgan fingerprint density at radius 3 is 2.43 bits per heavy atom. The fourth-order valence-corrected chi connectivity index (χ4v) is 4.22. The van der Waals surface area contributed by atoms with Crippen LogP contribution in [0.4, 0.5) is 5.69 Å². The molecule has 0 unspecified atom stereocenters. The topological polar surface area (TPSA) is 73.2 Å². The van der Waals surface area contributed by atoms with Crippen molar-refractivity contribution < 1.29 is 13.2 Å². The number of halogens is 1. The first-order valence-corrected chi connectivity index (χ1v) is 9.37. The molecule has 0 spiro atoms. The van der Waals surface area contributed by atoms with Gasteiger partial charge < -0.3 is 4.74 Å². The first-order chi connectivity index (χ1) is 10.7. The van der Waals surface area contributed by atoms with Crippen LogP contribution in [0.1, 0.15) is 31.3 Å². The Morgan fingerprint density at radius 2 is 1.96 bits per heavy atom. The van der Waals surface area contributed by atoms with Gasteiger partial charge in [0.25, 0.3) is 10.0 Å². The number of sulfonamides is 1. The molecule has 0 atom stereocenters. The molecule has 0 amide bonds. The standard InChI is InChI=1S/C15H20BrN3O3S/c1-9(2)19-11(4)15(10(3)17-19)18-23(20,21)12-6-7-14(22-5)13(16)8-12/h6-9,18H,1-5H3. The molecule has 2 aromatic rings. The van der Waals surface area contributed by atoms with Crippen LogP contribution in [0.25, 0.3) is 0 Å². The lowest BCUT2D eigenvalue weighted by Crippen LogP contribution is -2.14. The predicted octanol–water partition coefficient (Wildman–Crippen LogP) is 3.65. The molecule has 1 aromatic carbocycles. The summed E-state index contributed by atoms with van der Waals surface area (Å²) in [7, 11) is -2.18. The zero-order chi connectivity index (χ0) is 17.4. The van der Waals surface area contributed by atoms with Gasteiger partial charge in [0.15, 0.2) is 0 Å². The summed E-state index contributed by atoms with van der Waals surface area (Å²) < 4.78 is 35.4. The van der Waals surface area contributed by atoms with E-state index in [0.29, 0.717) is 21.6 Å². The lowest BCUT2D eigenvalue weighted by molar-refractivity contribution is 0.411. The molecule has 0 bridgehead atoms. The van der Waals surface area contributed by atoms with E-state index in [0.717, 1.165) is 5.69 Å². The van der Waals surface area contributed by atoms with Crippen LogP contribution < -0.4 is 9.46 Å². The Morgan fingerprint density at radius 1 is 1.30 bits per heavy atom. The predicted molar refractivity (Wildman–Crippen MR) is 93.6 cm³/mol. The van der Waals surface area contributed by atoms with Crippen molar-refractivity contribution in [1.82, 2.24) is 9.78 Å². The molecule has 23 heavy (non-hydrogen) atoms. The number of ether oxygens (including phenoxy) is 1. The minimum Gasteiger partial charge on any atom is -0.496 e. The number of nitrogens with zero attached hydrogens (tertiary/aromatic N) is 2. The molecule has 0 radical (unpaired) electrons. The summed E-state index contributed by atoms with van der Waals surface area (Å²) in [6.45, 7) is 7.63. The first-order valence-electron chi connectivity index (χ1n) is 7.09. The number of hydrogen-bond donors (Lipinski definition) is 1. The molecule has 0 aliphatic heterocycles. The Balaban J connectivity index is 2.41. The van der Waals surface area contributed by atoms with Crippen LogP contribution in [-0.2, 0) is 10.0 Å². The highest BCUT2D eigenvalue weighted by atomic mass is 79.9. The van der Waals surface area contributed by atoms with Crippen molar-refractivity contribution in [3.8, 4) is 5.75 Å². The second-order valence-corrected chi connectivity index (χ2v) is 8.02. The number of aryl methyl sites for hydroxylation is 1. The molecule has 0 aliphatic rings. The number of hydrogen-bond acceptors (Lipinski definition) is 4. The number of anilines is 1.